The molecule has 0 unspecified atom stereocenters. The van der Waals surface area contributed by atoms with Gasteiger partial charge in [-0.15, -0.1) is 11.8 Å². The minimum atomic E-state index is -0.103. The Morgan fingerprint density at radius 1 is 1.33 bits per heavy atom. The van der Waals surface area contributed by atoms with E-state index in [0.29, 0.717) is 18.7 Å². The third kappa shape index (κ3) is 5.09. The molecule has 0 saturated carbocycles. The molecule has 2 aromatic rings. The van der Waals surface area contributed by atoms with Crippen LogP contribution in [-0.4, -0.2) is 54.4 Å². The lowest BCUT2D eigenvalue weighted by Crippen LogP contribution is -2.35. The van der Waals surface area contributed by atoms with E-state index in [1.807, 2.05) is 24.3 Å². The predicted molar refractivity (Wildman–Crippen MR) is 92.1 cm³/mol. The molecule has 128 valence electrons. The number of hydrogen-bond acceptors (Lipinski definition) is 6. The maximum atomic E-state index is 12.1. The molecule has 0 aliphatic carbocycles. The molecule has 1 N–H and O–H groups in total. The third-order valence-electron chi connectivity index (χ3n) is 3.67. The van der Waals surface area contributed by atoms with Crippen molar-refractivity contribution < 1.29 is 13.9 Å². The van der Waals surface area contributed by atoms with E-state index >= 15 is 0 Å². The first-order chi connectivity index (χ1) is 11.8. The summed E-state index contributed by atoms with van der Waals surface area (Å²) in [5.41, 5.74) is 0.570. The van der Waals surface area contributed by atoms with E-state index < -0.39 is 0 Å². The molecule has 0 spiro atoms. The predicted octanol–water partition coefficient (Wildman–Crippen LogP) is 2.03. The van der Waals surface area contributed by atoms with Gasteiger partial charge in [0.15, 0.2) is 0 Å². The number of aromatic nitrogens is 1. The SMILES string of the molecule is O=C(NCCSc1ccccn1)c1coc(CN2CCOCC2)c1. The molecule has 3 heterocycles. The highest BCUT2D eigenvalue weighted by Crippen LogP contribution is 2.14. The zero-order valence-electron chi connectivity index (χ0n) is 13.4. The van der Waals surface area contributed by atoms with Crippen molar-refractivity contribution in [1.29, 1.82) is 0 Å². The number of carbonyl (C=O) groups excluding carboxylic acids is 1. The molecule has 7 heteroatoms. The molecule has 0 atom stereocenters. The summed E-state index contributed by atoms with van der Waals surface area (Å²) < 4.78 is 10.8. The average Bonchev–Trinajstić information content (AvgIpc) is 3.09. The van der Waals surface area contributed by atoms with E-state index in [9.17, 15) is 4.79 Å². The van der Waals surface area contributed by atoms with Crippen LogP contribution in [0.2, 0.25) is 0 Å². The van der Waals surface area contributed by atoms with Gasteiger partial charge in [-0.2, -0.15) is 0 Å². The molecular weight excluding hydrogens is 326 g/mol. The van der Waals surface area contributed by atoms with Crippen molar-refractivity contribution in [2.24, 2.45) is 0 Å². The van der Waals surface area contributed by atoms with Gasteiger partial charge in [0, 0.05) is 31.6 Å². The topological polar surface area (TPSA) is 67.6 Å². The number of morpholine rings is 1. The Morgan fingerprint density at radius 2 is 2.21 bits per heavy atom. The van der Waals surface area contributed by atoms with Crippen molar-refractivity contribution in [2.45, 2.75) is 11.6 Å². The van der Waals surface area contributed by atoms with Crippen LogP contribution < -0.4 is 5.32 Å². The number of rotatable bonds is 7. The van der Waals surface area contributed by atoms with Gasteiger partial charge in [-0.1, -0.05) is 6.07 Å². The van der Waals surface area contributed by atoms with E-state index in [1.165, 1.54) is 6.26 Å². The van der Waals surface area contributed by atoms with Crippen molar-refractivity contribution in [3.8, 4) is 0 Å². The lowest BCUT2D eigenvalue weighted by Gasteiger charge is -2.25. The van der Waals surface area contributed by atoms with Crippen LogP contribution in [0.4, 0.5) is 0 Å². The van der Waals surface area contributed by atoms with Crippen molar-refractivity contribution >= 4 is 17.7 Å². The largest absolute Gasteiger partial charge is 0.467 e. The van der Waals surface area contributed by atoms with Gasteiger partial charge >= 0.3 is 0 Å². The Bertz CT molecular complexity index is 642. The second-order valence-electron chi connectivity index (χ2n) is 5.46. The van der Waals surface area contributed by atoms with Crippen molar-refractivity contribution in [2.75, 3.05) is 38.6 Å². The molecule has 0 radical (unpaired) electrons. The van der Waals surface area contributed by atoms with Crippen LogP contribution in [-0.2, 0) is 11.3 Å². The van der Waals surface area contributed by atoms with Crippen LogP contribution in [0.3, 0.4) is 0 Å². The first-order valence-electron chi connectivity index (χ1n) is 8.01. The summed E-state index contributed by atoms with van der Waals surface area (Å²) >= 11 is 1.62. The number of pyridine rings is 1. The molecule has 2 aromatic heterocycles. The summed E-state index contributed by atoms with van der Waals surface area (Å²) in [6.45, 7) is 4.60. The van der Waals surface area contributed by atoms with Gasteiger partial charge in [-0.05, 0) is 18.2 Å². The van der Waals surface area contributed by atoms with E-state index in [0.717, 1.165) is 42.8 Å². The van der Waals surface area contributed by atoms with Gasteiger partial charge in [-0.25, -0.2) is 4.98 Å². The fourth-order valence-corrected chi connectivity index (χ4v) is 3.14. The smallest absolute Gasteiger partial charge is 0.254 e. The van der Waals surface area contributed by atoms with E-state index in [2.05, 4.69) is 15.2 Å². The van der Waals surface area contributed by atoms with Gasteiger partial charge in [0.05, 0.1) is 30.3 Å². The molecule has 1 aliphatic heterocycles. The highest BCUT2D eigenvalue weighted by molar-refractivity contribution is 7.99. The number of nitrogens with zero attached hydrogens (tertiary/aromatic N) is 2. The van der Waals surface area contributed by atoms with Crippen LogP contribution in [0.15, 0.2) is 46.2 Å². The van der Waals surface area contributed by atoms with Crippen LogP contribution in [0.1, 0.15) is 16.1 Å². The van der Waals surface area contributed by atoms with Crippen molar-refractivity contribution in [1.82, 2.24) is 15.2 Å². The van der Waals surface area contributed by atoms with E-state index in [-0.39, 0.29) is 5.91 Å². The molecule has 1 saturated heterocycles. The van der Waals surface area contributed by atoms with Crippen LogP contribution >= 0.6 is 11.8 Å². The fourth-order valence-electron chi connectivity index (χ4n) is 2.42. The lowest BCUT2D eigenvalue weighted by atomic mass is 10.2. The Labute approximate surface area is 145 Å². The van der Waals surface area contributed by atoms with Crippen molar-refractivity contribution in [3.05, 3.63) is 48.0 Å². The highest BCUT2D eigenvalue weighted by atomic mass is 32.2. The summed E-state index contributed by atoms with van der Waals surface area (Å²) in [6.07, 6.45) is 3.29. The zero-order chi connectivity index (χ0) is 16.6. The van der Waals surface area contributed by atoms with Gasteiger partial charge < -0.3 is 14.5 Å². The maximum absolute atomic E-state index is 12.1. The summed E-state index contributed by atoms with van der Waals surface area (Å²) in [4.78, 5) is 18.6. The summed E-state index contributed by atoms with van der Waals surface area (Å²) in [5.74, 6) is 1.49. The molecule has 0 aromatic carbocycles. The zero-order valence-corrected chi connectivity index (χ0v) is 14.3. The number of carbonyl (C=O) groups is 1. The van der Waals surface area contributed by atoms with Gasteiger partial charge in [0.1, 0.15) is 12.0 Å². The fraction of sp³-hybridized carbons (Fsp3) is 0.412. The number of amides is 1. The van der Waals surface area contributed by atoms with Gasteiger partial charge in [0.25, 0.3) is 5.91 Å². The highest BCUT2D eigenvalue weighted by Gasteiger charge is 2.15. The Morgan fingerprint density at radius 3 is 3.00 bits per heavy atom. The quantitative estimate of drug-likeness (QED) is 0.611. The monoisotopic (exact) mass is 347 g/mol. The Balaban J connectivity index is 1.40. The molecule has 6 nitrogen and oxygen atoms in total. The minimum absolute atomic E-state index is 0.103. The van der Waals surface area contributed by atoms with Crippen LogP contribution in [0, 0.1) is 0 Å². The molecule has 0 bridgehead atoms. The number of hydrogen-bond donors (Lipinski definition) is 1. The standard InChI is InChI=1S/C17H21N3O3S/c21-17(19-5-10-24-16-3-1-2-4-18-16)14-11-15(23-13-14)12-20-6-8-22-9-7-20/h1-4,11,13H,5-10,12H2,(H,19,21). The Hall–Kier alpha value is -1.83. The third-order valence-corrected chi connectivity index (χ3v) is 4.62. The molecule has 1 amide bonds. The minimum Gasteiger partial charge on any atom is -0.467 e. The summed E-state index contributed by atoms with van der Waals surface area (Å²) in [5, 5.41) is 3.87. The van der Waals surface area contributed by atoms with Gasteiger partial charge in [0.2, 0.25) is 0 Å². The molecule has 3 rings (SSSR count). The van der Waals surface area contributed by atoms with Crippen molar-refractivity contribution in [3.63, 3.8) is 0 Å². The number of nitrogens with one attached hydrogen (secondary N) is 1. The maximum Gasteiger partial charge on any atom is 0.254 e. The van der Waals surface area contributed by atoms with Crippen LogP contribution in [0.5, 0.6) is 0 Å². The second kappa shape index (κ2) is 8.86. The molecule has 1 fully saturated rings. The van der Waals surface area contributed by atoms with Gasteiger partial charge in [-0.3, -0.25) is 9.69 Å². The van der Waals surface area contributed by atoms with E-state index in [1.54, 1.807) is 18.0 Å². The summed E-state index contributed by atoms with van der Waals surface area (Å²) in [6, 6.07) is 7.62. The average molecular weight is 347 g/mol. The lowest BCUT2D eigenvalue weighted by molar-refractivity contribution is 0.0313. The first-order valence-corrected chi connectivity index (χ1v) is 8.99. The van der Waals surface area contributed by atoms with Crippen LogP contribution in [0.25, 0.3) is 0 Å². The molecular formula is C17H21N3O3S. The van der Waals surface area contributed by atoms with E-state index in [4.69, 9.17) is 9.15 Å². The number of furan rings is 1. The molecule has 1 aliphatic rings. The normalized spacial score (nSPS) is 15.3. The number of ether oxygens (including phenoxy) is 1. The second-order valence-corrected chi connectivity index (χ2v) is 6.58. The Kier molecular flexibility index (Phi) is 6.28. The molecule has 24 heavy (non-hydrogen) atoms. The number of thioether (sulfide) groups is 1. The summed E-state index contributed by atoms with van der Waals surface area (Å²) in [7, 11) is 0. The first kappa shape index (κ1) is 17.0.